The molecule has 1 unspecified atom stereocenters. The van der Waals surface area contributed by atoms with Crippen LogP contribution in [0.25, 0.3) is 0 Å². The van der Waals surface area contributed by atoms with Crippen LogP contribution in [-0.2, 0) is 27.1 Å². The number of hydrogen-bond donors (Lipinski definition) is 1. The SMILES string of the molecule is CC(C)(C)OC(=O)N1[C@H](Cc2ccccc2F)[C@H](C(C(N)=O)c2ncccc2CC2CC2)OC1(C)C. The zero-order valence-electron chi connectivity index (χ0n) is 21.7. The highest BCUT2D eigenvalue weighted by atomic mass is 19.1. The highest BCUT2D eigenvalue weighted by Crippen LogP contribution is 2.42. The number of nitrogens with zero attached hydrogens (tertiary/aromatic N) is 2. The second-order valence-electron chi connectivity index (χ2n) is 11.3. The molecule has 0 bridgehead atoms. The first-order chi connectivity index (χ1) is 16.9. The number of nitrogens with two attached hydrogens (primary N) is 1. The lowest BCUT2D eigenvalue weighted by atomic mass is 9.86. The molecule has 2 fully saturated rings. The normalized spacial score (nSPS) is 22.3. The van der Waals surface area contributed by atoms with Gasteiger partial charge < -0.3 is 15.2 Å². The lowest BCUT2D eigenvalue weighted by molar-refractivity contribution is -0.126. The Morgan fingerprint density at radius 3 is 2.44 bits per heavy atom. The van der Waals surface area contributed by atoms with Crippen LogP contribution in [0.5, 0.6) is 0 Å². The van der Waals surface area contributed by atoms with Crippen molar-refractivity contribution in [3.63, 3.8) is 0 Å². The summed E-state index contributed by atoms with van der Waals surface area (Å²) in [6, 6.07) is 9.49. The number of carbonyl (C=O) groups is 2. The molecule has 1 aliphatic carbocycles. The predicted octanol–water partition coefficient (Wildman–Crippen LogP) is 4.73. The fraction of sp³-hybridized carbons (Fsp3) is 0.536. The van der Waals surface area contributed by atoms with Crippen molar-refractivity contribution in [2.45, 2.75) is 89.7 Å². The van der Waals surface area contributed by atoms with Crippen molar-refractivity contribution in [3.05, 3.63) is 65.2 Å². The van der Waals surface area contributed by atoms with Crippen LogP contribution in [0.4, 0.5) is 9.18 Å². The van der Waals surface area contributed by atoms with Crippen molar-refractivity contribution < 1.29 is 23.5 Å². The van der Waals surface area contributed by atoms with Crippen LogP contribution in [-0.4, -0.2) is 45.4 Å². The first kappa shape index (κ1) is 26.1. The van der Waals surface area contributed by atoms with Gasteiger partial charge in [-0.3, -0.25) is 14.7 Å². The zero-order valence-corrected chi connectivity index (χ0v) is 21.7. The van der Waals surface area contributed by atoms with E-state index in [1.54, 1.807) is 59.0 Å². The summed E-state index contributed by atoms with van der Waals surface area (Å²) in [5, 5.41) is 0. The predicted molar refractivity (Wildman–Crippen MR) is 134 cm³/mol. The van der Waals surface area contributed by atoms with Crippen molar-refractivity contribution in [3.8, 4) is 0 Å². The number of halogens is 1. The average Bonchev–Trinajstić information content (AvgIpc) is 3.53. The molecule has 194 valence electrons. The van der Waals surface area contributed by atoms with E-state index in [1.165, 1.54) is 11.0 Å². The van der Waals surface area contributed by atoms with Crippen molar-refractivity contribution in [2.24, 2.45) is 11.7 Å². The number of aromatic nitrogens is 1. The molecule has 0 radical (unpaired) electrons. The summed E-state index contributed by atoms with van der Waals surface area (Å²) in [7, 11) is 0. The second kappa shape index (κ2) is 9.81. The minimum absolute atomic E-state index is 0.120. The van der Waals surface area contributed by atoms with E-state index in [0.717, 1.165) is 24.8 Å². The van der Waals surface area contributed by atoms with E-state index in [4.69, 9.17) is 15.2 Å². The van der Waals surface area contributed by atoms with Gasteiger partial charge in [0.15, 0.2) is 0 Å². The van der Waals surface area contributed by atoms with Crippen LogP contribution < -0.4 is 5.73 Å². The second-order valence-corrected chi connectivity index (χ2v) is 11.3. The highest BCUT2D eigenvalue weighted by molar-refractivity contribution is 5.83. The Labute approximate surface area is 212 Å². The van der Waals surface area contributed by atoms with E-state index >= 15 is 0 Å². The quantitative estimate of drug-likeness (QED) is 0.597. The molecule has 1 aromatic heterocycles. The number of benzene rings is 1. The maximum Gasteiger partial charge on any atom is 0.412 e. The number of carbonyl (C=O) groups excluding carboxylic acids is 2. The maximum absolute atomic E-state index is 14.8. The molecule has 36 heavy (non-hydrogen) atoms. The van der Waals surface area contributed by atoms with Crippen LogP contribution in [0, 0.1) is 11.7 Å². The Morgan fingerprint density at radius 1 is 1.17 bits per heavy atom. The molecule has 1 saturated carbocycles. The van der Waals surface area contributed by atoms with Gasteiger partial charge in [0.2, 0.25) is 5.91 Å². The maximum atomic E-state index is 14.8. The number of ether oxygens (including phenoxy) is 2. The smallest absolute Gasteiger partial charge is 0.412 e. The van der Waals surface area contributed by atoms with Gasteiger partial charge in [-0.25, -0.2) is 9.18 Å². The Hall–Kier alpha value is -3.00. The summed E-state index contributed by atoms with van der Waals surface area (Å²) in [5.41, 5.74) is 6.02. The summed E-state index contributed by atoms with van der Waals surface area (Å²) < 4.78 is 26.9. The van der Waals surface area contributed by atoms with Gasteiger partial charge in [0.1, 0.15) is 23.1 Å². The van der Waals surface area contributed by atoms with Crippen molar-refractivity contribution >= 4 is 12.0 Å². The Bertz CT molecular complexity index is 1130. The fourth-order valence-corrected chi connectivity index (χ4v) is 5.06. The Kier molecular flexibility index (Phi) is 7.10. The molecule has 1 aromatic carbocycles. The van der Waals surface area contributed by atoms with E-state index in [1.807, 2.05) is 12.1 Å². The van der Waals surface area contributed by atoms with Crippen molar-refractivity contribution in [2.75, 3.05) is 0 Å². The molecule has 2 aromatic rings. The van der Waals surface area contributed by atoms with Gasteiger partial charge in [0.05, 0.1) is 17.8 Å². The van der Waals surface area contributed by atoms with Gasteiger partial charge in [0, 0.05) is 6.20 Å². The zero-order chi connectivity index (χ0) is 26.3. The number of pyridine rings is 1. The average molecular weight is 498 g/mol. The lowest BCUT2D eigenvalue weighted by Gasteiger charge is -2.35. The third-order valence-corrected chi connectivity index (χ3v) is 6.75. The van der Waals surface area contributed by atoms with E-state index in [9.17, 15) is 14.0 Å². The Balaban J connectivity index is 1.79. The highest BCUT2D eigenvalue weighted by Gasteiger charge is 2.55. The third kappa shape index (κ3) is 5.69. The van der Waals surface area contributed by atoms with Gasteiger partial charge in [-0.05, 0) is 89.5 Å². The molecule has 2 aliphatic rings. The minimum atomic E-state index is -1.14. The summed E-state index contributed by atoms with van der Waals surface area (Å²) in [4.78, 5) is 32.5. The van der Waals surface area contributed by atoms with Gasteiger partial charge in [-0.1, -0.05) is 24.3 Å². The number of amides is 2. The molecule has 1 saturated heterocycles. The first-order valence-corrected chi connectivity index (χ1v) is 12.5. The Morgan fingerprint density at radius 2 is 1.83 bits per heavy atom. The lowest BCUT2D eigenvalue weighted by Crippen LogP contribution is -2.51. The van der Waals surface area contributed by atoms with Gasteiger partial charge in [-0.15, -0.1) is 0 Å². The summed E-state index contributed by atoms with van der Waals surface area (Å²) in [6.07, 6.45) is 3.40. The monoisotopic (exact) mass is 497 g/mol. The van der Waals surface area contributed by atoms with Gasteiger partial charge in [-0.2, -0.15) is 0 Å². The van der Waals surface area contributed by atoms with Crippen LogP contribution in [0.3, 0.4) is 0 Å². The molecule has 7 nitrogen and oxygen atoms in total. The van der Waals surface area contributed by atoms with E-state index in [-0.39, 0.29) is 6.42 Å². The largest absolute Gasteiger partial charge is 0.444 e. The third-order valence-electron chi connectivity index (χ3n) is 6.75. The molecule has 4 rings (SSSR count). The minimum Gasteiger partial charge on any atom is -0.444 e. The van der Waals surface area contributed by atoms with Crippen molar-refractivity contribution in [1.29, 1.82) is 0 Å². The van der Waals surface area contributed by atoms with Crippen LogP contribution in [0.15, 0.2) is 42.6 Å². The molecule has 1 aliphatic heterocycles. The van der Waals surface area contributed by atoms with E-state index in [2.05, 4.69) is 4.98 Å². The van der Waals surface area contributed by atoms with E-state index in [0.29, 0.717) is 17.2 Å². The fourth-order valence-electron chi connectivity index (χ4n) is 5.06. The van der Waals surface area contributed by atoms with Crippen LogP contribution in [0.2, 0.25) is 0 Å². The summed E-state index contributed by atoms with van der Waals surface area (Å²) >= 11 is 0. The first-order valence-electron chi connectivity index (χ1n) is 12.5. The standard InChI is InChI=1S/C28H36FN3O4/c1-27(2,3)36-26(34)32-21(16-18-9-6-7-11-20(18)29)24(35-28(32,4)5)22(25(30)33)23-19(10-8-14-31-23)15-17-12-13-17/h6-11,14,17,21-22,24H,12-13,15-16H2,1-5H3,(H2,30,33)/t21-,22?,24-/m1/s1. The number of rotatable bonds is 7. The summed E-state index contributed by atoms with van der Waals surface area (Å²) in [6.45, 7) is 8.83. The van der Waals surface area contributed by atoms with Crippen molar-refractivity contribution in [1.82, 2.24) is 9.88 Å². The topological polar surface area (TPSA) is 94.8 Å². The molecule has 2 amide bonds. The van der Waals surface area contributed by atoms with E-state index < -0.39 is 47.2 Å². The molecule has 0 spiro atoms. The molecule has 2 heterocycles. The van der Waals surface area contributed by atoms with Gasteiger partial charge in [0.25, 0.3) is 0 Å². The molecule has 3 atom stereocenters. The summed E-state index contributed by atoms with van der Waals surface area (Å²) in [5.74, 6) is -1.36. The molecular formula is C28H36FN3O4. The van der Waals surface area contributed by atoms with Crippen LogP contribution >= 0.6 is 0 Å². The molecule has 8 heteroatoms. The molecular weight excluding hydrogens is 461 g/mol. The number of hydrogen-bond acceptors (Lipinski definition) is 5. The number of primary amides is 1. The van der Waals surface area contributed by atoms with Crippen LogP contribution in [0.1, 0.15) is 70.2 Å². The van der Waals surface area contributed by atoms with Gasteiger partial charge >= 0.3 is 6.09 Å². The molecule has 2 N–H and O–H groups in total.